The highest BCUT2D eigenvalue weighted by atomic mass is 35.5. The predicted octanol–water partition coefficient (Wildman–Crippen LogP) is 3.87. The van der Waals surface area contributed by atoms with Crippen LogP contribution in [0.3, 0.4) is 0 Å². The van der Waals surface area contributed by atoms with Gasteiger partial charge >= 0.3 is 6.09 Å². The van der Waals surface area contributed by atoms with Crippen molar-refractivity contribution in [3.8, 4) is 17.3 Å². The van der Waals surface area contributed by atoms with E-state index in [1.807, 2.05) is 6.92 Å². The molecule has 39 heavy (non-hydrogen) atoms. The van der Waals surface area contributed by atoms with E-state index >= 15 is 0 Å². The van der Waals surface area contributed by atoms with Crippen LogP contribution in [0.25, 0.3) is 22.3 Å². The Morgan fingerprint density at radius 3 is 2.64 bits per heavy atom. The van der Waals surface area contributed by atoms with E-state index in [0.717, 1.165) is 0 Å². The Kier molecular flexibility index (Phi) is 8.05. The Balaban J connectivity index is 1.57. The molecule has 2 amide bonds. The number of hydrogen-bond acceptors (Lipinski definition) is 8. The fourth-order valence-corrected chi connectivity index (χ4v) is 4.02. The Labute approximate surface area is 230 Å². The van der Waals surface area contributed by atoms with Gasteiger partial charge in [0.15, 0.2) is 5.82 Å². The van der Waals surface area contributed by atoms with Gasteiger partial charge in [-0.2, -0.15) is 10.2 Å². The van der Waals surface area contributed by atoms with Gasteiger partial charge in [0.1, 0.15) is 11.3 Å². The molecule has 1 aromatic carbocycles. The monoisotopic (exact) mass is 554 g/mol. The second-order valence-corrected chi connectivity index (χ2v) is 10.4. The number of hydrogen-bond donors (Lipinski definition) is 2. The maximum absolute atomic E-state index is 13.6. The molecule has 0 unspecified atom stereocenters. The molecule has 2 N–H and O–H groups in total. The maximum Gasteiger partial charge on any atom is 0.407 e. The lowest BCUT2D eigenvalue weighted by molar-refractivity contribution is 0.0525. The zero-order chi connectivity index (χ0) is 28.3. The molecular formula is C26H31ClN8O4. The zero-order valence-electron chi connectivity index (χ0n) is 22.5. The van der Waals surface area contributed by atoms with E-state index in [1.54, 1.807) is 63.1 Å². The SMILES string of the molecule is CCn1ncc(CN(C)C(=O)c2nc(-c3cnn(CCNC(=O)OC(C)(C)C)c3)nc3ccc(Cl)cc23)c1O. The Morgan fingerprint density at radius 1 is 1.18 bits per heavy atom. The lowest BCUT2D eigenvalue weighted by Crippen LogP contribution is -2.34. The van der Waals surface area contributed by atoms with Crippen molar-refractivity contribution in [2.75, 3.05) is 13.6 Å². The molecule has 0 fully saturated rings. The van der Waals surface area contributed by atoms with Gasteiger partial charge in [-0.1, -0.05) is 11.6 Å². The average molecular weight is 555 g/mol. The van der Waals surface area contributed by atoms with Crippen LogP contribution >= 0.6 is 11.6 Å². The molecule has 0 atom stereocenters. The molecule has 12 nitrogen and oxygen atoms in total. The minimum atomic E-state index is -0.582. The number of aryl methyl sites for hydroxylation is 1. The van der Waals surface area contributed by atoms with Crippen molar-refractivity contribution in [3.05, 3.63) is 53.1 Å². The molecule has 0 saturated carbocycles. The molecule has 4 rings (SSSR count). The molecule has 0 saturated heterocycles. The molecule has 0 radical (unpaired) electrons. The number of alkyl carbamates (subject to hydrolysis) is 1. The first-order chi connectivity index (χ1) is 18.4. The highest BCUT2D eigenvalue weighted by Crippen LogP contribution is 2.26. The molecule has 13 heteroatoms. The van der Waals surface area contributed by atoms with Crippen LogP contribution in [0.15, 0.2) is 36.8 Å². The minimum Gasteiger partial charge on any atom is -0.493 e. The summed E-state index contributed by atoms with van der Waals surface area (Å²) in [5, 5.41) is 22.5. The normalized spacial score (nSPS) is 11.5. The fourth-order valence-electron chi connectivity index (χ4n) is 3.85. The van der Waals surface area contributed by atoms with Crippen LogP contribution in [0.1, 0.15) is 43.7 Å². The topological polar surface area (TPSA) is 140 Å². The molecule has 0 aliphatic carbocycles. The summed E-state index contributed by atoms with van der Waals surface area (Å²) in [6, 6.07) is 5.08. The number of rotatable bonds is 8. The molecule has 4 aromatic rings. The predicted molar refractivity (Wildman–Crippen MR) is 145 cm³/mol. The average Bonchev–Trinajstić information content (AvgIpc) is 3.48. The zero-order valence-corrected chi connectivity index (χ0v) is 23.2. The number of halogens is 1. The van der Waals surface area contributed by atoms with E-state index in [0.29, 0.717) is 52.5 Å². The third-order valence-corrected chi connectivity index (χ3v) is 5.93. The third-order valence-electron chi connectivity index (χ3n) is 5.70. The molecule has 3 heterocycles. The first-order valence-corrected chi connectivity index (χ1v) is 12.8. The fraction of sp³-hybridized carbons (Fsp3) is 0.385. The van der Waals surface area contributed by atoms with Crippen molar-refractivity contribution in [3.63, 3.8) is 0 Å². The van der Waals surface area contributed by atoms with Crippen LogP contribution in [-0.4, -0.2) is 70.7 Å². The molecule has 0 spiro atoms. The maximum atomic E-state index is 13.6. The summed E-state index contributed by atoms with van der Waals surface area (Å²) >= 11 is 6.23. The molecule has 0 aliphatic rings. The van der Waals surface area contributed by atoms with Crippen molar-refractivity contribution >= 4 is 34.5 Å². The lowest BCUT2D eigenvalue weighted by Gasteiger charge is -2.19. The number of benzene rings is 1. The highest BCUT2D eigenvalue weighted by molar-refractivity contribution is 6.31. The van der Waals surface area contributed by atoms with Crippen LogP contribution in [0.2, 0.25) is 5.02 Å². The number of fused-ring (bicyclic) bond motifs is 1. The van der Waals surface area contributed by atoms with Gasteiger partial charge in [0.25, 0.3) is 5.91 Å². The van der Waals surface area contributed by atoms with Crippen LogP contribution in [0.4, 0.5) is 4.79 Å². The van der Waals surface area contributed by atoms with Crippen molar-refractivity contribution in [1.29, 1.82) is 0 Å². The van der Waals surface area contributed by atoms with E-state index in [4.69, 9.17) is 16.3 Å². The van der Waals surface area contributed by atoms with Crippen molar-refractivity contribution in [1.82, 2.24) is 39.7 Å². The van der Waals surface area contributed by atoms with Crippen LogP contribution in [-0.2, 0) is 24.4 Å². The van der Waals surface area contributed by atoms with Crippen LogP contribution in [0, 0.1) is 0 Å². The quantitative estimate of drug-likeness (QED) is 0.334. The van der Waals surface area contributed by atoms with E-state index in [1.165, 1.54) is 15.8 Å². The number of amides is 2. The number of nitrogens with one attached hydrogen (secondary N) is 1. The first kappa shape index (κ1) is 27.8. The van der Waals surface area contributed by atoms with Crippen molar-refractivity contribution in [2.24, 2.45) is 0 Å². The Bertz CT molecular complexity index is 1510. The smallest absolute Gasteiger partial charge is 0.407 e. The highest BCUT2D eigenvalue weighted by Gasteiger charge is 2.22. The Morgan fingerprint density at radius 2 is 1.95 bits per heavy atom. The standard InChI is InChI=1S/C26H31ClN8O4/c1-6-35-23(36)17(13-30-35)14-33(5)24(37)21-19-11-18(27)7-8-20(19)31-22(32-21)16-12-29-34(15-16)10-9-28-25(38)39-26(2,3)4/h7-8,11-13,15,36H,6,9-10,14H2,1-5H3,(H,28,38). The summed E-state index contributed by atoms with van der Waals surface area (Å²) in [6.07, 6.45) is 4.37. The number of aromatic nitrogens is 6. The minimum absolute atomic E-state index is 0.0157. The van der Waals surface area contributed by atoms with Gasteiger partial charge in [-0.3, -0.25) is 9.48 Å². The lowest BCUT2D eigenvalue weighted by atomic mass is 10.1. The second-order valence-electron chi connectivity index (χ2n) is 9.95. The summed E-state index contributed by atoms with van der Waals surface area (Å²) in [5.41, 5.74) is 1.25. The summed E-state index contributed by atoms with van der Waals surface area (Å²) < 4.78 is 8.34. The molecule has 3 aromatic heterocycles. The number of nitrogens with zero attached hydrogens (tertiary/aromatic N) is 7. The van der Waals surface area contributed by atoms with E-state index in [2.05, 4.69) is 25.5 Å². The van der Waals surface area contributed by atoms with Gasteiger partial charge in [0, 0.05) is 36.7 Å². The van der Waals surface area contributed by atoms with E-state index < -0.39 is 11.7 Å². The summed E-state index contributed by atoms with van der Waals surface area (Å²) in [7, 11) is 1.62. The Hall–Kier alpha value is -4.19. The van der Waals surface area contributed by atoms with Gasteiger partial charge in [0.05, 0.1) is 42.1 Å². The second kappa shape index (κ2) is 11.3. The summed E-state index contributed by atoms with van der Waals surface area (Å²) in [5.74, 6) is -0.0416. The van der Waals surface area contributed by atoms with E-state index in [-0.39, 0.29) is 24.0 Å². The number of carbonyl (C=O) groups excluding carboxylic acids is 2. The molecule has 206 valence electrons. The van der Waals surface area contributed by atoms with Crippen LogP contribution < -0.4 is 5.32 Å². The number of aromatic hydroxyl groups is 1. The van der Waals surface area contributed by atoms with Gasteiger partial charge in [0.2, 0.25) is 5.88 Å². The van der Waals surface area contributed by atoms with Gasteiger partial charge in [-0.25, -0.2) is 19.4 Å². The van der Waals surface area contributed by atoms with Gasteiger partial charge in [-0.15, -0.1) is 0 Å². The molecule has 0 bridgehead atoms. The van der Waals surface area contributed by atoms with Crippen molar-refractivity contribution < 1.29 is 19.4 Å². The number of ether oxygens (including phenoxy) is 1. The molecular weight excluding hydrogens is 524 g/mol. The first-order valence-electron chi connectivity index (χ1n) is 12.4. The van der Waals surface area contributed by atoms with Crippen LogP contribution in [0.5, 0.6) is 5.88 Å². The third kappa shape index (κ3) is 6.63. The largest absolute Gasteiger partial charge is 0.493 e. The van der Waals surface area contributed by atoms with Gasteiger partial charge < -0.3 is 20.1 Å². The van der Waals surface area contributed by atoms with E-state index in [9.17, 15) is 14.7 Å². The molecule has 0 aliphatic heterocycles. The summed E-state index contributed by atoms with van der Waals surface area (Å²) in [6.45, 7) is 8.60. The van der Waals surface area contributed by atoms with Gasteiger partial charge in [-0.05, 0) is 45.9 Å². The number of carbonyl (C=O) groups is 2. The van der Waals surface area contributed by atoms with Crippen molar-refractivity contribution in [2.45, 2.75) is 52.9 Å². The summed E-state index contributed by atoms with van der Waals surface area (Å²) in [4.78, 5) is 36.1.